The SMILES string of the molecule is O=C(Cc1cc(-c2ccc(C(F)(F)F)c(NCC3CCOCC3)n2)c(Cl)cn1)[C@@H]1CCCNC1. The van der Waals surface area contributed by atoms with E-state index in [0.29, 0.717) is 43.3 Å². The summed E-state index contributed by atoms with van der Waals surface area (Å²) in [5.41, 5.74) is 0.439. The second-order valence-electron chi connectivity index (χ2n) is 8.87. The van der Waals surface area contributed by atoms with Gasteiger partial charge in [0, 0.05) is 56.1 Å². The Hall–Kier alpha value is -2.23. The van der Waals surface area contributed by atoms with Crippen LogP contribution in [0.15, 0.2) is 24.4 Å². The molecule has 6 nitrogen and oxygen atoms in total. The first kappa shape index (κ1) is 24.9. The number of carbonyl (C=O) groups excluding carboxylic acids is 1. The minimum atomic E-state index is -4.54. The molecule has 184 valence electrons. The zero-order chi connectivity index (χ0) is 24.1. The van der Waals surface area contributed by atoms with E-state index < -0.39 is 11.7 Å². The quantitative estimate of drug-likeness (QED) is 0.575. The first-order valence-corrected chi connectivity index (χ1v) is 12.0. The lowest BCUT2D eigenvalue weighted by Gasteiger charge is -2.23. The molecule has 2 N–H and O–H groups in total. The summed E-state index contributed by atoms with van der Waals surface area (Å²) in [6, 6.07) is 3.97. The van der Waals surface area contributed by atoms with Crippen LogP contribution in [0.5, 0.6) is 0 Å². The van der Waals surface area contributed by atoms with Crippen LogP contribution in [-0.4, -0.2) is 48.6 Å². The van der Waals surface area contributed by atoms with Crippen LogP contribution in [0.25, 0.3) is 11.3 Å². The molecule has 2 aromatic rings. The molecule has 34 heavy (non-hydrogen) atoms. The number of alkyl halides is 3. The van der Waals surface area contributed by atoms with E-state index in [9.17, 15) is 18.0 Å². The van der Waals surface area contributed by atoms with Crippen molar-refractivity contribution in [3.63, 3.8) is 0 Å². The number of aromatic nitrogens is 2. The van der Waals surface area contributed by atoms with Gasteiger partial charge in [-0.15, -0.1) is 0 Å². The Morgan fingerprint density at radius 1 is 1.24 bits per heavy atom. The summed E-state index contributed by atoms with van der Waals surface area (Å²) in [7, 11) is 0. The van der Waals surface area contributed by atoms with Crippen LogP contribution in [0, 0.1) is 11.8 Å². The lowest BCUT2D eigenvalue weighted by Crippen LogP contribution is -2.35. The highest BCUT2D eigenvalue weighted by Gasteiger charge is 2.35. The number of nitrogens with zero attached hydrogens (tertiary/aromatic N) is 2. The summed E-state index contributed by atoms with van der Waals surface area (Å²) >= 11 is 6.34. The van der Waals surface area contributed by atoms with Crippen molar-refractivity contribution < 1.29 is 22.7 Å². The van der Waals surface area contributed by atoms with Gasteiger partial charge in [0.15, 0.2) is 0 Å². The number of ketones is 1. The van der Waals surface area contributed by atoms with Gasteiger partial charge in [-0.3, -0.25) is 9.78 Å². The number of ether oxygens (including phenoxy) is 1. The van der Waals surface area contributed by atoms with E-state index >= 15 is 0 Å². The smallest absolute Gasteiger partial charge is 0.381 e. The van der Waals surface area contributed by atoms with Gasteiger partial charge in [0.2, 0.25) is 0 Å². The van der Waals surface area contributed by atoms with E-state index in [1.807, 2.05) is 0 Å². The van der Waals surface area contributed by atoms with Crippen LogP contribution in [0.1, 0.15) is 36.9 Å². The minimum absolute atomic E-state index is 0.0557. The Kier molecular flexibility index (Phi) is 8.06. The predicted octanol–water partition coefficient (Wildman–Crippen LogP) is 4.77. The maximum Gasteiger partial charge on any atom is 0.419 e. The molecular weight excluding hydrogens is 469 g/mol. The Labute approximate surface area is 201 Å². The number of hydrogen-bond donors (Lipinski definition) is 2. The minimum Gasteiger partial charge on any atom is -0.381 e. The molecule has 0 unspecified atom stereocenters. The Morgan fingerprint density at radius 3 is 2.74 bits per heavy atom. The van der Waals surface area contributed by atoms with Crippen LogP contribution >= 0.6 is 11.6 Å². The zero-order valence-corrected chi connectivity index (χ0v) is 19.5. The number of anilines is 1. The zero-order valence-electron chi connectivity index (χ0n) is 18.8. The molecule has 2 aliphatic rings. The van der Waals surface area contributed by atoms with Gasteiger partial charge in [-0.2, -0.15) is 13.2 Å². The van der Waals surface area contributed by atoms with Crippen molar-refractivity contribution in [3.8, 4) is 11.3 Å². The molecule has 0 radical (unpaired) electrons. The van der Waals surface area contributed by atoms with Crippen LogP contribution in [0.3, 0.4) is 0 Å². The third-order valence-corrected chi connectivity index (χ3v) is 6.70. The first-order chi connectivity index (χ1) is 16.3. The van der Waals surface area contributed by atoms with Crippen LogP contribution < -0.4 is 10.6 Å². The highest BCUT2D eigenvalue weighted by molar-refractivity contribution is 6.33. The summed E-state index contributed by atoms with van der Waals surface area (Å²) in [6.07, 6.45) is 0.399. The van der Waals surface area contributed by atoms with E-state index in [2.05, 4.69) is 20.6 Å². The summed E-state index contributed by atoms with van der Waals surface area (Å²) in [5.74, 6) is 0.0269. The molecule has 2 fully saturated rings. The average Bonchev–Trinajstić information content (AvgIpc) is 2.84. The van der Waals surface area contributed by atoms with Gasteiger partial charge < -0.3 is 15.4 Å². The molecule has 2 saturated heterocycles. The van der Waals surface area contributed by atoms with Crippen LogP contribution in [0.2, 0.25) is 5.02 Å². The van der Waals surface area contributed by atoms with E-state index in [1.54, 1.807) is 6.07 Å². The average molecular weight is 497 g/mol. The number of nitrogens with one attached hydrogen (secondary N) is 2. The Balaban J connectivity index is 1.57. The second-order valence-corrected chi connectivity index (χ2v) is 9.28. The highest BCUT2D eigenvalue weighted by atomic mass is 35.5. The fourth-order valence-corrected chi connectivity index (χ4v) is 4.59. The van der Waals surface area contributed by atoms with Crippen LogP contribution in [-0.2, 0) is 22.1 Å². The van der Waals surface area contributed by atoms with Gasteiger partial charge in [-0.1, -0.05) is 11.6 Å². The normalized spacial score (nSPS) is 19.7. The molecule has 0 aromatic carbocycles. The fourth-order valence-electron chi connectivity index (χ4n) is 4.39. The van der Waals surface area contributed by atoms with Gasteiger partial charge in [0.05, 0.1) is 16.3 Å². The maximum absolute atomic E-state index is 13.6. The predicted molar refractivity (Wildman–Crippen MR) is 124 cm³/mol. The fraction of sp³-hybridized carbons (Fsp3) is 0.542. The van der Waals surface area contributed by atoms with Crippen LogP contribution in [0.4, 0.5) is 19.0 Å². The first-order valence-electron chi connectivity index (χ1n) is 11.6. The molecule has 0 amide bonds. The Morgan fingerprint density at radius 2 is 2.03 bits per heavy atom. The van der Waals surface area contributed by atoms with Crippen molar-refractivity contribution in [2.75, 3.05) is 38.2 Å². The van der Waals surface area contributed by atoms with Crippen molar-refractivity contribution in [1.29, 1.82) is 0 Å². The standard InChI is InChI=1S/C24H28ClF3N4O2/c25-20-14-30-17(11-22(33)16-2-1-7-29-13-16)10-18(20)21-4-3-19(24(26,27)28)23(32-21)31-12-15-5-8-34-9-6-15/h3-4,10,14-16,29H,1-2,5-9,11-13H2,(H,31,32)/t16-/m1/s1. The monoisotopic (exact) mass is 496 g/mol. The molecule has 0 bridgehead atoms. The number of halogens is 4. The number of rotatable bonds is 7. The van der Waals surface area contributed by atoms with Gasteiger partial charge in [-0.05, 0) is 56.3 Å². The molecule has 2 aliphatic heterocycles. The molecule has 10 heteroatoms. The van der Waals surface area contributed by atoms with E-state index in [4.69, 9.17) is 16.3 Å². The third-order valence-electron chi connectivity index (χ3n) is 6.40. The summed E-state index contributed by atoms with van der Waals surface area (Å²) in [6.45, 7) is 3.16. The van der Waals surface area contributed by atoms with Crippen molar-refractivity contribution in [1.82, 2.24) is 15.3 Å². The number of Topliss-reactive ketones (excluding diaryl/α,β-unsaturated/α-hetero) is 1. The lowest BCUT2D eigenvalue weighted by molar-refractivity contribution is -0.137. The molecule has 2 aromatic heterocycles. The maximum atomic E-state index is 13.6. The molecule has 0 aliphatic carbocycles. The van der Waals surface area contributed by atoms with E-state index in [-0.39, 0.29) is 34.9 Å². The van der Waals surface area contributed by atoms with Crippen molar-refractivity contribution >= 4 is 23.2 Å². The number of hydrogen-bond acceptors (Lipinski definition) is 6. The third kappa shape index (κ3) is 6.25. The van der Waals surface area contributed by atoms with Crippen molar-refractivity contribution in [2.24, 2.45) is 11.8 Å². The van der Waals surface area contributed by atoms with E-state index in [0.717, 1.165) is 38.3 Å². The molecule has 0 spiro atoms. The van der Waals surface area contributed by atoms with Crippen molar-refractivity contribution in [2.45, 2.75) is 38.3 Å². The van der Waals surface area contributed by atoms with E-state index in [1.165, 1.54) is 12.3 Å². The summed E-state index contributed by atoms with van der Waals surface area (Å²) in [5, 5.41) is 6.39. The molecular formula is C24H28ClF3N4O2. The molecule has 1 atom stereocenters. The largest absolute Gasteiger partial charge is 0.419 e. The number of piperidine rings is 1. The Bertz CT molecular complexity index is 1010. The van der Waals surface area contributed by atoms with Gasteiger partial charge in [0.25, 0.3) is 0 Å². The molecule has 0 saturated carbocycles. The highest BCUT2D eigenvalue weighted by Crippen LogP contribution is 2.37. The lowest BCUT2D eigenvalue weighted by atomic mass is 9.92. The molecule has 4 rings (SSSR count). The van der Waals surface area contributed by atoms with Crippen molar-refractivity contribution in [3.05, 3.63) is 40.7 Å². The van der Waals surface area contributed by atoms with Gasteiger partial charge in [-0.25, -0.2) is 4.98 Å². The summed E-state index contributed by atoms with van der Waals surface area (Å²) < 4.78 is 46.2. The second kappa shape index (κ2) is 11.0. The van der Waals surface area contributed by atoms with Gasteiger partial charge in [0.1, 0.15) is 11.6 Å². The topological polar surface area (TPSA) is 76.1 Å². The summed E-state index contributed by atoms with van der Waals surface area (Å²) in [4.78, 5) is 21.2. The number of carbonyl (C=O) groups is 1. The number of pyridine rings is 2. The molecule has 4 heterocycles. The van der Waals surface area contributed by atoms with Gasteiger partial charge >= 0.3 is 6.18 Å².